The fourth-order valence-corrected chi connectivity index (χ4v) is 4.38. The van der Waals surface area contributed by atoms with E-state index in [1.807, 2.05) is 0 Å². The molecule has 2 heteroatoms. The van der Waals surface area contributed by atoms with Gasteiger partial charge in [-0.15, -0.1) is 0 Å². The van der Waals surface area contributed by atoms with Crippen LogP contribution >= 0.6 is 0 Å². The van der Waals surface area contributed by atoms with E-state index in [4.69, 9.17) is 0 Å². The van der Waals surface area contributed by atoms with Crippen LogP contribution in [-0.4, -0.2) is 30.3 Å². The molecule has 0 aliphatic heterocycles. The second kappa shape index (κ2) is 10.6. The van der Waals surface area contributed by atoms with E-state index < -0.39 is 0 Å². The van der Waals surface area contributed by atoms with Crippen molar-refractivity contribution in [1.29, 1.82) is 0 Å². The zero-order valence-electron chi connectivity index (χ0n) is 17.6. The minimum atomic E-state index is -0.0660. The predicted octanol–water partition coefficient (Wildman–Crippen LogP) is 6.44. The first-order chi connectivity index (χ1) is 13.8. The van der Waals surface area contributed by atoms with Crippen LogP contribution in [0.15, 0.2) is 48.5 Å². The molecule has 0 saturated heterocycles. The number of benzene rings is 2. The average molecular weight is 378 g/mol. The lowest BCUT2D eigenvalue weighted by Crippen LogP contribution is -2.27. The molecule has 0 spiro atoms. The van der Waals surface area contributed by atoms with Gasteiger partial charge in [0, 0.05) is 6.42 Å². The quantitative estimate of drug-likeness (QED) is 0.397. The number of carbonyl (C=O) groups excluding carboxylic acids is 1. The van der Waals surface area contributed by atoms with Crippen LogP contribution in [0.5, 0.6) is 0 Å². The van der Waals surface area contributed by atoms with Crippen LogP contribution < -0.4 is 0 Å². The molecule has 3 rings (SSSR count). The first-order valence-electron chi connectivity index (χ1n) is 11.2. The molecule has 28 heavy (non-hydrogen) atoms. The first kappa shape index (κ1) is 20.8. The van der Waals surface area contributed by atoms with Crippen molar-refractivity contribution < 1.29 is 4.79 Å². The van der Waals surface area contributed by atoms with Crippen LogP contribution in [-0.2, 0) is 4.79 Å². The largest absolute Gasteiger partial charge is 0.303 e. The summed E-state index contributed by atoms with van der Waals surface area (Å²) in [6.45, 7) is 8.05. The van der Waals surface area contributed by atoms with Crippen LogP contribution in [0.25, 0.3) is 11.1 Å². The number of fused-ring (bicyclic) bond motifs is 3. The van der Waals surface area contributed by atoms with Gasteiger partial charge in [0.25, 0.3) is 0 Å². The summed E-state index contributed by atoms with van der Waals surface area (Å²) in [5, 5.41) is 0. The Balaban J connectivity index is 1.56. The molecule has 0 aromatic heterocycles. The maximum atomic E-state index is 13.1. The van der Waals surface area contributed by atoms with Gasteiger partial charge in [-0.25, -0.2) is 0 Å². The fraction of sp³-hybridized carbons (Fsp3) is 0.500. The van der Waals surface area contributed by atoms with E-state index in [1.54, 1.807) is 0 Å². The lowest BCUT2D eigenvalue weighted by molar-refractivity contribution is -0.119. The van der Waals surface area contributed by atoms with Crippen LogP contribution in [0.2, 0.25) is 0 Å². The minimum Gasteiger partial charge on any atom is -0.303 e. The number of Topliss-reactive ketones (excluding diaryl/α,β-unsaturated/α-hetero) is 1. The molecular formula is C26H35NO. The number of ketones is 1. The Morgan fingerprint density at radius 1 is 0.750 bits per heavy atom. The highest BCUT2D eigenvalue weighted by Gasteiger charge is 2.32. The van der Waals surface area contributed by atoms with Crippen LogP contribution in [0.3, 0.4) is 0 Å². The molecule has 0 bridgehead atoms. The monoisotopic (exact) mass is 377 g/mol. The van der Waals surface area contributed by atoms with Crippen molar-refractivity contribution in [1.82, 2.24) is 4.90 Å². The maximum Gasteiger partial charge on any atom is 0.144 e. The average Bonchev–Trinajstić information content (AvgIpc) is 3.07. The van der Waals surface area contributed by atoms with Gasteiger partial charge in [-0.2, -0.15) is 0 Å². The molecule has 2 aromatic carbocycles. The highest BCUT2D eigenvalue weighted by atomic mass is 16.1. The SMILES string of the molecule is CCCCN(CCCC)CCCCC(=O)C1c2ccccc2-c2ccccc21. The summed E-state index contributed by atoms with van der Waals surface area (Å²) < 4.78 is 0. The second-order valence-electron chi connectivity index (χ2n) is 8.08. The highest BCUT2D eigenvalue weighted by Crippen LogP contribution is 2.45. The fourth-order valence-electron chi connectivity index (χ4n) is 4.38. The third-order valence-electron chi connectivity index (χ3n) is 5.96. The van der Waals surface area contributed by atoms with Gasteiger partial charge in [-0.3, -0.25) is 4.79 Å². The summed E-state index contributed by atoms with van der Waals surface area (Å²) in [5.74, 6) is 0.315. The molecule has 0 unspecified atom stereocenters. The summed E-state index contributed by atoms with van der Waals surface area (Å²) in [6.07, 6.45) is 7.85. The first-order valence-corrected chi connectivity index (χ1v) is 11.2. The molecule has 0 atom stereocenters. The molecule has 2 aromatic rings. The maximum absolute atomic E-state index is 13.1. The number of unbranched alkanes of at least 4 members (excludes halogenated alkanes) is 3. The Bertz CT molecular complexity index is 713. The van der Waals surface area contributed by atoms with Gasteiger partial charge in [0.1, 0.15) is 5.78 Å². The second-order valence-corrected chi connectivity index (χ2v) is 8.08. The van der Waals surface area contributed by atoms with Gasteiger partial charge in [0.2, 0.25) is 0 Å². The van der Waals surface area contributed by atoms with Crippen molar-refractivity contribution in [3.63, 3.8) is 0 Å². The molecule has 1 aliphatic carbocycles. The van der Waals surface area contributed by atoms with E-state index in [0.29, 0.717) is 12.2 Å². The van der Waals surface area contributed by atoms with E-state index in [-0.39, 0.29) is 5.92 Å². The van der Waals surface area contributed by atoms with Gasteiger partial charge < -0.3 is 4.90 Å². The van der Waals surface area contributed by atoms with E-state index in [2.05, 4.69) is 67.3 Å². The van der Waals surface area contributed by atoms with Crippen molar-refractivity contribution in [2.24, 2.45) is 0 Å². The molecule has 0 fully saturated rings. The summed E-state index contributed by atoms with van der Waals surface area (Å²) in [5.41, 5.74) is 4.87. The molecule has 0 heterocycles. The summed E-state index contributed by atoms with van der Waals surface area (Å²) in [4.78, 5) is 15.7. The van der Waals surface area contributed by atoms with Crippen molar-refractivity contribution >= 4 is 5.78 Å². The van der Waals surface area contributed by atoms with Crippen LogP contribution in [0.1, 0.15) is 75.8 Å². The molecule has 150 valence electrons. The van der Waals surface area contributed by atoms with E-state index >= 15 is 0 Å². The van der Waals surface area contributed by atoms with E-state index in [0.717, 1.165) is 19.4 Å². The predicted molar refractivity (Wildman–Crippen MR) is 119 cm³/mol. The van der Waals surface area contributed by atoms with Crippen LogP contribution in [0.4, 0.5) is 0 Å². The third-order valence-corrected chi connectivity index (χ3v) is 5.96. The van der Waals surface area contributed by atoms with Crippen molar-refractivity contribution in [3.05, 3.63) is 59.7 Å². The molecule has 0 radical (unpaired) electrons. The summed E-state index contributed by atoms with van der Waals surface area (Å²) >= 11 is 0. The standard InChI is InChI=1S/C26H35NO/c1-3-5-18-27(19-6-4-2)20-12-11-17-25(28)26-23-15-9-7-13-21(23)22-14-8-10-16-24(22)26/h7-10,13-16,26H,3-6,11-12,17-20H2,1-2H3. The molecular weight excluding hydrogens is 342 g/mol. The van der Waals surface area contributed by atoms with Gasteiger partial charge in [0.15, 0.2) is 0 Å². The Kier molecular flexibility index (Phi) is 7.85. The van der Waals surface area contributed by atoms with Gasteiger partial charge in [0.05, 0.1) is 5.92 Å². The smallest absolute Gasteiger partial charge is 0.144 e. The zero-order valence-corrected chi connectivity index (χ0v) is 17.6. The van der Waals surface area contributed by atoms with Gasteiger partial charge >= 0.3 is 0 Å². The molecule has 0 N–H and O–H groups in total. The van der Waals surface area contributed by atoms with Gasteiger partial charge in [-0.05, 0) is 67.6 Å². The highest BCUT2D eigenvalue weighted by molar-refractivity contribution is 5.97. The number of nitrogens with zero attached hydrogens (tertiary/aromatic N) is 1. The van der Waals surface area contributed by atoms with Crippen molar-refractivity contribution in [3.8, 4) is 11.1 Å². The normalized spacial score (nSPS) is 13.0. The Labute approximate surface area is 171 Å². The summed E-state index contributed by atoms with van der Waals surface area (Å²) in [7, 11) is 0. The lowest BCUT2D eigenvalue weighted by Gasteiger charge is -2.22. The number of carbonyl (C=O) groups is 1. The van der Waals surface area contributed by atoms with Crippen molar-refractivity contribution in [2.75, 3.05) is 19.6 Å². The number of hydrogen-bond donors (Lipinski definition) is 0. The Hall–Kier alpha value is -1.93. The number of hydrogen-bond acceptors (Lipinski definition) is 2. The molecule has 2 nitrogen and oxygen atoms in total. The van der Waals surface area contributed by atoms with Crippen LogP contribution in [0, 0.1) is 0 Å². The summed E-state index contributed by atoms with van der Waals surface area (Å²) in [6, 6.07) is 16.8. The minimum absolute atomic E-state index is 0.0660. The third kappa shape index (κ3) is 4.91. The molecule has 0 saturated carbocycles. The topological polar surface area (TPSA) is 20.3 Å². The zero-order chi connectivity index (χ0) is 19.8. The van der Waals surface area contributed by atoms with E-state index in [1.165, 1.54) is 61.0 Å². The van der Waals surface area contributed by atoms with Gasteiger partial charge in [-0.1, -0.05) is 75.2 Å². The number of rotatable bonds is 12. The molecule has 1 aliphatic rings. The lowest BCUT2D eigenvalue weighted by atomic mass is 9.90. The molecule has 0 amide bonds. The van der Waals surface area contributed by atoms with Crippen molar-refractivity contribution in [2.45, 2.75) is 64.7 Å². The van der Waals surface area contributed by atoms with E-state index in [9.17, 15) is 4.79 Å². The Morgan fingerprint density at radius 2 is 1.25 bits per heavy atom. The Morgan fingerprint density at radius 3 is 1.79 bits per heavy atom.